The molecule has 0 amide bonds. The number of anilines is 1. The summed E-state index contributed by atoms with van der Waals surface area (Å²) < 4.78 is 27.4. The van der Waals surface area contributed by atoms with E-state index in [1.165, 1.54) is 0 Å². The highest BCUT2D eigenvalue weighted by Crippen LogP contribution is 2.26. The Kier molecular flexibility index (Phi) is 9.10. The number of morpholine rings is 1. The average Bonchev–Trinajstić information content (AvgIpc) is 2.80. The fourth-order valence-electron chi connectivity index (χ4n) is 3.12. The summed E-state index contributed by atoms with van der Waals surface area (Å²) in [5.41, 5.74) is 1.23. The van der Waals surface area contributed by atoms with Crippen molar-refractivity contribution in [3.05, 3.63) is 47.4 Å². The number of nitrogens with zero attached hydrogens (tertiary/aromatic N) is 3. The lowest BCUT2D eigenvalue weighted by Crippen LogP contribution is -2.40. The predicted molar refractivity (Wildman–Crippen MR) is 115 cm³/mol. The third-order valence-corrected chi connectivity index (χ3v) is 4.79. The number of nitrogens with one attached hydrogen (secondary N) is 1. The van der Waals surface area contributed by atoms with Gasteiger partial charge in [0.25, 0.3) is 0 Å². The Hall–Kier alpha value is -2.66. The van der Waals surface area contributed by atoms with Gasteiger partial charge in [-0.25, -0.2) is 0 Å². The van der Waals surface area contributed by atoms with Crippen molar-refractivity contribution in [2.75, 3.05) is 77.2 Å². The van der Waals surface area contributed by atoms with Crippen LogP contribution in [0.1, 0.15) is 11.7 Å². The quantitative estimate of drug-likeness (QED) is 0.371. The molecular formula is C21H31N5O5. The van der Waals surface area contributed by atoms with Crippen LogP contribution in [0.25, 0.3) is 0 Å². The van der Waals surface area contributed by atoms with E-state index in [0.717, 1.165) is 28.5 Å². The summed E-state index contributed by atoms with van der Waals surface area (Å²) in [6.45, 7) is 5.19. The first kappa shape index (κ1) is 23.0. The Bertz CT molecular complexity index is 845. The van der Waals surface area contributed by atoms with Crippen molar-refractivity contribution >= 4 is 5.82 Å². The van der Waals surface area contributed by atoms with Crippen LogP contribution in [0.2, 0.25) is 0 Å². The van der Waals surface area contributed by atoms with Crippen molar-refractivity contribution in [3.8, 4) is 5.75 Å². The molecule has 10 heteroatoms. The first-order chi connectivity index (χ1) is 15.2. The molecule has 10 nitrogen and oxygen atoms in total. The van der Waals surface area contributed by atoms with E-state index in [2.05, 4.69) is 10.00 Å². The molecule has 0 bridgehead atoms. The number of rotatable bonds is 12. The Balaban J connectivity index is 1.41. The predicted octanol–water partition coefficient (Wildman–Crippen LogP) is 0.713. The van der Waals surface area contributed by atoms with Gasteiger partial charge in [0, 0.05) is 20.2 Å². The molecule has 2 aromatic rings. The van der Waals surface area contributed by atoms with Crippen molar-refractivity contribution in [3.63, 3.8) is 0 Å². The van der Waals surface area contributed by atoms with Gasteiger partial charge in [-0.05, 0) is 29.8 Å². The van der Waals surface area contributed by atoms with E-state index in [4.69, 9.17) is 34.9 Å². The van der Waals surface area contributed by atoms with Gasteiger partial charge in [0.1, 0.15) is 18.5 Å². The molecule has 0 saturated carbocycles. The Morgan fingerprint density at radius 2 is 1.74 bits per heavy atom. The summed E-state index contributed by atoms with van der Waals surface area (Å²) in [6.07, 6.45) is -0.0760. The third-order valence-electron chi connectivity index (χ3n) is 4.79. The van der Waals surface area contributed by atoms with Crippen LogP contribution in [0.4, 0.5) is 5.82 Å². The fraction of sp³-hybridized carbons (Fsp3) is 0.524. The number of aromatic nitrogens is 2. The highest BCUT2D eigenvalue weighted by atomic mass is 16.6. The highest BCUT2D eigenvalue weighted by Gasteiger charge is 2.23. The lowest BCUT2D eigenvalue weighted by Gasteiger charge is -2.34. The third kappa shape index (κ3) is 7.21. The summed E-state index contributed by atoms with van der Waals surface area (Å²) in [5.74, 6) is 7.23. The zero-order chi connectivity index (χ0) is 21.9. The summed E-state index contributed by atoms with van der Waals surface area (Å²) in [5, 5.41) is 11.9. The standard InChI is InChI=1S/C21H31N5O5/c1-27-10-11-28-12-13-29-14-15-30-18-4-2-17(3-5-18)19-16-25(8-9-31-19)21-7-6-20(22)26(23)24-21/h2-7,19,22H,8-16,23H2,1H3. The lowest BCUT2D eigenvalue weighted by molar-refractivity contribution is 0.0179. The van der Waals surface area contributed by atoms with Crippen molar-refractivity contribution in [2.24, 2.45) is 0 Å². The van der Waals surface area contributed by atoms with Gasteiger partial charge in [0.15, 0.2) is 11.3 Å². The molecule has 1 aliphatic rings. The highest BCUT2D eigenvalue weighted by molar-refractivity contribution is 5.38. The Morgan fingerprint density at radius 3 is 2.45 bits per heavy atom. The van der Waals surface area contributed by atoms with Gasteiger partial charge in [-0.3, -0.25) is 5.41 Å². The molecule has 31 heavy (non-hydrogen) atoms. The number of hydrogen-bond acceptors (Lipinski definition) is 9. The summed E-state index contributed by atoms with van der Waals surface area (Å²) in [4.78, 5) is 3.18. The van der Waals surface area contributed by atoms with Crippen LogP contribution in [0.15, 0.2) is 36.4 Å². The number of nitrogen functional groups attached to an aromatic ring is 1. The lowest BCUT2D eigenvalue weighted by atomic mass is 10.1. The number of methoxy groups -OCH3 is 1. The van der Waals surface area contributed by atoms with Crippen LogP contribution in [0.3, 0.4) is 0 Å². The van der Waals surface area contributed by atoms with Crippen LogP contribution in [-0.2, 0) is 18.9 Å². The Labute approximate surface area is 181 Å². The zero-order valence-corrected chi connectivity index (χ0v) is 17.9. The van der Waals surface area contributed by atoms with Crippen LogP contribution in [-0.4, -0.2) is 76.3 Å². The molecule has 3 rings (SSSR count). The SMILES string of the molecule is COCCOCCOCCOc1ccc(C2CN(c3ccc(=N)n(N)n3)CCO2)cc1. The topological polar surface area (TPSA) is 117 Å². The van der Waals surface area contributed by atoms with Crippen LogP contribution in [0, 0.1) is 5.41 Å². The molecule has 1 aromatic carbocycles. The number of nitrogens with two attached hydrogens (primary N) is 1. The first-order valence-corrected chi connectivity index (χ1v) is 10.3. The molecule has 2 heterocycles. The molecular weight excluding hydrogens is 402 g/mol. The smallest absolute Gasteiger partial charge is 0.164 e. The number of ether oxygens (including phenoxy) is 5. The van der Waals surface area contributed by atoms with E-state index >= 15 is 0 Å². The minimum atomic E-state index is -0.0760. The second kappa shape index (κ2) is 12.3. The molecule has 1 atom stereocenters. The molecule has 0 spiro atoms. The van der Waals surface area contributed by atoms with E-state index in [-0.39, 0.29) is 11.6 Å². The molecule has 170 valence electrons. The van der Waals surface area contributed by atoms with E-state index in [9.17, 15) is 0 Å². The molecule has 1 aromatic heterocycles. The molecule has 1 saturated heterocycles. The summed E-state index contributed by atoms with van der Waals surface area (Å²) >= 11 is 0. The van der Waals surface area contributed by atoms with Crippen LogP contribution in [0.5, 0.6) is 5.75 Å². The summed E-state index contributed by atoms with van der Waals surface area (Å²) in [7, 11) is 1.65. The largest absolute Gasteiger partial charge is 0.491 e. The minimum absolute atomic E-state index is 0.0760. The molecule has 0 aliphatic carbocycles. The maximum absolute atomic E-state index is 7.64. The van der Waals surface area contributed by atoms with Crippen LogP contribution >= 0.6 is 0 Å². The maximum Gasteiger partial charge on any atom is 0.164 e. The average molecular weight is 434 g/mol. The van der Waals surface area contributed by atoms with Crippen molar-refractivity contribution in [1.82, 2.24) is 9.89 Å². The number of hydrogen-bond donors (Lipinski definition) is 2. The van der Waals surface area contributed by atoms with Crippen molar-refractivity contribution in [1.29, 1.82) is 5.41 Å². The van der Waals surface area contributed by atoms with Gasteiger partial charge < -0.3 is 34.4 Å². The molecule has 0 radical (unpaired) electrons. The zero-order valence-electron chi connectivity index (χ0n) is 17.9. The van der Waals surface area contributed by atoms with Gasteiger partial charge in [-0.15, -0.1) is 5.10 Å². The maximum atomic E-state index is 7.64. The fourth-order valence-corrected chi connectivity index (χ4v) is 3.12. The molecule has 1 aliphatic heterocycles. The van der Waals surface area contributed by atoms with E-state index in [0.29, 0.717) is 52.8 Å². The number of benzene rings is 1. The molecule has 1 fully saturated rings. The van der Waals surface area contributed by atoms with Gasteiger partial charge in [0.2, 0.25) is 0 Å². The van der Waals surface area contributed by atoms with E-state index in [1.54, 1.807) is 19.2 Å². The van der Waals surface area contributed by atoms with Crippen LogP contribution < -0.4 is 21.0 Å². The monoisotopic (exact) mass is 433 g/mol. The second-order valence-electron chi connectivity index (χ2n) is 6.96. The first-order valence-electron chi connectivity index (χ1n) is 10.3. The Morgan fingerprint density at radius 1 is 1.03 bits per heavy atom. The van der Waals surface area contributed by atoms with Gasteiger partial charge in [0.05, 0.1) is 39.6 Å². The van der Waals surface area contributed by atoms with Crippen molar-refractivity contribution < 1.29 is 23.7 Å². The minimum Gasteiger partial charge on any atom is -0.491 e. The van der Waals surface area contributed by atoms with Gasteiger partial charge in [-0.1, -0.05) is 12.1 Å². The van der Waals surface area contributed by atoms with E-state index in [1.807, 2.05) is 24.3 Å². The van der Waals surface area contributed by atoms with Gasteiger partial charge in [-0.2, -0.15) is 4.79 Å². The summed E-state index contributed by atoms with van der Waals surface area (Å²) in [6, 6.07) is 11.3. The van der Waals surface area contributed by atoms with E-state index < -0.39 is 0 Å². The van der Waals surface area contributed by atoms with Crippen molar-refractivity contribution in [2.45, 2.75) is 6.10 Å². The second-order valence-corrected chi connectivity index (χ2v) is 6.96. The molecule has 3 N–H and O–H groups in total. The van der Waals surface area contributed by atoms with Gasteiger partial charge >= 0.3 is 0 Å². The molecule has 1 unspecified atom stereocenters. The normalized spacial score (nSPS) is 16.4.